The highest BCUT2D eigenvalue weighted by Gasteiger charge is 2.21. The maximum Gasteiger partial charge on any atom is 0.316 e. The maximum absolute atomic E-state index is 8.49. The van der Waals surface area contributed by atoms with Crippen LogP contribution in [-0.4, -0.2) is 28.5 Å². The Morgan fingerprint density at radius 1 is 1.29 bits per heavy atom. The summed E-state index contributed by atoms with van der Waals surface area (Å²) in [5.74, 6) is 0.930. The Bertz CT molecular complexity index is 370. The summed E-state index contributed by atoms with van der Waals surface area (Å²) in [5, 5.41) is 11.6. The van der Waals surface area contributed by atoms with E-state index in [0.717, 1.165) is 25.7 Å². The minimum Gasteiger partial charge on any atom is -0.467 e. The van der Waals surface area contributed by atoms with Gasteiger partial charge in [0.05, 0.1) is 7.11 Å². The lowest BCUT2D eigenvalue weighted by atomic mass is 9.80. The highest BCUT2D eigenvalue weighted by molar-refractivity contribution is 5.59. The summed E-state index contributed by atoms with van der Waals surface area (Å²) in [6.45, 7) is 0. The van der Waals surface area contributed by atoms with E-state index >= 15 is 0 Å². The van der Waals surface area contributed by atoms with Gasteiger partial charge in [0.15, 0.2) is 0 Å². The topological polar surface area (TPSA) is 67.6 Å². The van der Waals surface area contributed by atoms with Crippen molar-refractivity contribution in [2.24, 2.45) is 11.1 Å². The molecule has 0 aliphatic heterocycles. The van der Waals surface area contributed by atoms with Gasteiger partial charge in [-0.3, -0.25) is 0 Å². The van der Waals surface area contributed by atoms with E-state index in [-0.39, 0.29) is 0 Å². The summed E-state index contributed by atoms with van der Waals surface area (Å²) in [6, 6.07) is 0.412. The van der Waals surface area contributed by atoms with Gasteiger partial charge in [-0.2, -0.15) is 0 Å². The average molecular weight is 235 g/mol. The summed E-state index contributed by atoms with van der Waals surface area (Å²) < 4.78 is 4.94. The summed E-state index contributed by atoms with van der Waals surface area (Å²) in [4.78, 5) is 8.26. The van der Waals surface area contributed by atoms with Crippen LogP contribution in [0.4, 0.5) is 0 Å². The molecule has 0 unspecified atom stereocenters. The molecule has 1 heterocycles. The second kappa shape index (κ2) is 5.61. The van der Waals surface area contributed by atoms with E-state index in [1.54, 1.807) is 13.3 Å². The fraction of sp³-hybridized carbons (Fsp3) is 0.583. The van der Waals surface area contributed by atoms with Crippen LogP contribution in [0.15, 0.2) is 17.5 Å². The quantitative estimate of drug-likeness (QED) is 0.495. The van der Waals surface area contributed by atoms with E-state index in [0.29, 0.717) is 17.8 Å². The van der Waals surface area contributed by atoms with Crippen molar-refractivity contribution < 1.29 is 9.94 Å². The van der Waals surface area contributed by atoms with E-state index in [1.165, 1.54) is 5.56 Å². The van der Waals surface area contributed by atoms with Crippen LogP contribution in [0, 0.1) is 5.92 Å². The molecule has 5 nitrogen and oxygen atoms in total. The number of rotatable bonds is 3. The molecule has 5 heteroatoms. The zero-order chi connectivity index (χ0) is 12.1. The molecular formula is C12H17N3O2. The molecule has 1 N–H and O–H groups in total. The molecule has 0 bridgehead atoms. The van der Waals surface area contributed by atoms with Gasteiger partial charge in [0, 0.05) is 18.6 Å². The average Bonchev–Trinajstić information content (AvgIpc) is 2.40. The SMILES string of the molecule is COc1ncc(C2CCC(/C=N\O)CC2)cn1. The summed E-state index contributed by atoms with van der Waals surface area (Å²) in [5.41, 5.74) is 1.17. The predicted octanol–water partition coefficient (Wildman–Crippen LogP) is 2.22. The van der Waals surface area contributed by atoms with Gasteiger partial charge in [-0.1, -0.05) is 0 Å². The van der Waals surface area contributed by atoms with E-state index in [4.69, 9.17) is 9.94 Å². The van der Waals surface area contributed by atoms with Crippen molar-refractivity contribution in [3.05, 3.63) is 18.0 Å². The molecular weight excluding hydrogens is 218 g/mol. The largest absolute Gasteiger partial charge is 0.467 e. The highest BCUT2D eigenvalue weighted by atomic mass is 16.5. The van der Waals surface area contributed by atoms with E-state index in [1.807, 2.05) is 12.4 Å². The zero-order valence-electron chi connectivity index (χ0n) is 9.91. The standard InChI is InChI=1S/C12H17N3O2/c1-17-12-13-7-11(8-14-12)10-4-2-9(3-5-10)6-15-16/h6-10,16H,2-5H2,1H3/b15-6-. The van der Waals surface area contributed by atoms with Crippen LogP contribution >= 0.6 is 0 Å². The Morgan fingerprint density at radius 2 is 1.94 bits per heavy atom. The molecule has 92 valence electrons. The van der Waals surface area contributed by atoms with Gasteiger partial charge < -0.3 is 9.94 Å². The van der Waals surface area contributed by atoms with Crippen molar-refractivity contribution in [1.29, 1.82) is 0 Å². The van der Waals surface area contributed by atoms with Crippen LogP contribution in [0.25, 0.3) is 0 Å². The zero-order valence-corrected chi connectivity index (χ0v) is 9.91. The van der Waals surface area contributed by atoms with Crippen LogP contribution in [0.1, 0.15) is 37.2 Å². The molecule has 1 aromatic heterocycles. The Labute approximate surface area is 101 Å². The monoisotopic (exact) mass is 235 g/mol. The summed E-state index contributed by atoms with van der Waals surface area (Å²) in [6.07, 6.45) is 9.62. The Kier molecular flexibility index (Phi) is 3.90. The van der Waals surface area contributed by atoms with Gasteiger partial charge in [-0.05, 0) is 43.1 Å². The minimum absolute atomic E-state index is 0.412. The molecule has 1 fully saturated rings. The van der Waals surface area contributed by atoms with Crippen molar-refractivity contribution in [2.45, 2.75) is 31.6 Å². The number of aromatic nitrogens is 2. The molecule has 1 saturated carbocycles. The molecule has 0 spiro atoms. The molecule has 1 aliphatic carbocycles. The number of hydrogen-bond donors (Lipinski definition) is 1. The maximum atomic E-state index is 8.49. The first-order chi connectivity index (χ1) is 8.33. The van der Waals surface area contributed by atoms with Gasteiger partial charge in [-0.25, -0.2) is 9.97 Å². The molecule has 0 atom stereocenters. The van der Waals surface area contributed by atoms with Crippen molar-refractivity contribution in [3.8, 4) is 6.01 Å². The molecule has 2 rings (SSSR count). The first-order valence-corrected chi connectivity index (χ1v) is 5.87. The minimum atomic E-state index is 0.412. The van der Waals surface area contributed by atoms with Crippen molar-refractivity contribution in [1.82, 2.24) is 9.97 Å². The molecule has 0 saturated heterocycles. The van der Waals surface area contributed by atoms with Gasteiger partial charge in [0.25, 0.3) is 0 Å². The third kappa shape index (κ3) is 2.93. The van der Waals surface area contributed by atoms with Gasteiger partial charge in [-0.15, -0.1) is 5.16 Å². The van der Waals surface area contributed by atoms with Gasteiger partial charge in [0.1, 0.15) is 0 Å². The highest BCUT2D eigenvalue weighted by Crippen LogP contribution is 2.34. The third-order valence-corrected chi connectivity index (χ3v) is 3.35. The molecule has 17 heavy (non-hydrogen) atoms. The summed E-state index contributed by atoms with van der Waals surface area (Å²) in [7, 11) is 1.56. The van der Waals surface area contributed by atoms with E-state index in [2.05, 4.69) is 15.1 Å². The second-order valence-corrected chi connectivity index (χ2v) is 4.38. The Morgan fingerprint density at radius 3 is 2.47 bits per heavy atom. The normalized spacial score (nSPS) is 25.0. The van der Waals surface area contributed by atoms with Crippen LogP contribution in [-0.2, 0) is 0 Å². The van der Waals surface area contributed by atoms with E-state index < -0.39 is 0 Å². The smallest absolute Gasteiger partial charge is 0.316 e. The van der Waals surface area contributed by atoms with Gasteiger partial charge in [0.2, 0.25) is 0 Å². The molecule has 1 aliphatic rings. The van der Waals surface area contributed by atoms with Crippen molar-refractivity contribution >= 4 is 6.21 Å². The lowest BCUT2D eigenvalue weighted by Gasteiger charge is -2.25. The molecule has 0 amide bonds. The van der Waals surface area contributed by atoms with Gasteiger partial charge >= 0.3 is 6.01 Å². The fourth-order valence-electron chi connectivity index (χ4n) is 2.34. The van der Waals surface area contributed by atoms with Crippen LogP contribution < -0.4 is 4.74 Å². The Balaban J connectivity index is 1.95. The van der Waals surface area contributed by atoms with Crippen LogP contribution in [0.3, 0.4) is 0 Å². The first kappa shape index (κ1) is 11.8. The second-order valence-electron chi connectivity index (χ2n) is 4.38. The lowest BCUT2D eigenvalue weighted by Crippen LogP contribution is -2.14. The summed E-state index contributed by atoms with van der Waals surface area (Å²) >= 11 is 0. The number of ether oxygens (including phenoxy) is 1. The van der Waals surface area contributed by atoms with Crippen LogP contribution in [0.2, 0.25) is 0 Å². The first-order valence-electron chi connectivity index (χ1n) is 5.87. The third-order valence-electron chi connectivity index (χ3n) is 3.35. The fourth-order valence-corrected chi connectivity index (χ4v) is 2.34. The lowest BCUT2D eigenvalue weighted by molar-refractivity contribution is 0.311. The Hall–Kier alpha value is -1.65. The predicted molar refractivity (Wildman–Crippen MR) is 63.6 cm³/mol. The number of nitrogens with zero attached hydrogens (tertiary/aromatic N) is 3. The molecule has 0 aromatic carbocycles. The number of hydrogen-bond acceptors (Lipinski definition) is 5. The molecule has 1 aromatic rings. The van der Waals surface area contributed by atoms with Crippen molar-refractivity contribution in [2.75, 3.05) is 7.11 Å². The van der Waals surface area contributed by atoms with Crippen LogP contribution in [0.5, 0.6) is 6.01 Å². The number of oxime groups is 1. The molecule has 0 radical (unpaired) electrons. The van der Waals surface area contributed by atoms with Crippen molar-refractivity contribution in [3.63, 3.8) is 0 Å². The number of methoxy groups -OCH3 is 1. The van der Waals surface area contributed by atoms with E-state index in [9.17, 15) is 0 Å².